The summed E-state index contributed by atoms with van der Waals surface area (Å²) in [5.41, 5.74) is 1.39. The zero-order valence-electron chi connectivity index (χ0n) is 17.3. The number of rotatable bonds is 4. The zero-order valence-corrected chi connectivity index (χ0v) is 18.8. The van der Waals surface area contributed by atoms with E-state index >= 15 is 0 Å². The van der Waals surface area contributed by atoms with E-state index in [9.17, 15) is 26.4 Å². The quantitative estimate of drug-likeness (QED) is 0.478. The Bertz CT molecular complexity index is 1410. The molecule has 3 aromatic carbocycles. The van der Waals surface area contributed by atoms with E-state index in [1.54, 1.807) is 30.3 Å². The number of amides is 1. The molecule has 1 heterocycles. The number of nitrogens with zero attached hydrogens (tertiary/aromatic N) is 1. The highest BCUT2D eigenvalue weighted by atomic mass is 35.5. The summed E-state index contributed by atoms with van der Waals surface area (Å²) in [5, 5.41) is 5.65. The van der Waals surface area contributed by atoms with Gasteiger partial charge in [0.05, 0.1) is 16.2 Å². The molecule has 0 saturated carbocycles. The summed E-state index contributed by atoms with van der Waals surface area (Å²) in [7, 11) is -3.92. The Kier molecular flexibility index (Phi) is 6.11. The van der Waals surface area contributed by atoms with Gasteiger partial charge in [0.2, 0.25) is 10.0 Å². The number of sulfonamides is 1. The smallest absolute Gasteiger partial charge is 0.276 e. The summed E-state index contributed by atoms with van der Waals surface area (Å²) in [6.07, 6.45) is -1.37. The lowest BCUT2D eigenvalue weighted by atomic mass is 10.1. The number of halogens is 4. The maximum Gasteiger partial charge on any atom is 0.416 e. The first-order chi connectivity index (χ1) is 15.9. The third-order valence-corrected chi connectivity index (χ3v) is 6.29. The van der Waals surface area contributed by atoms with Gasteiger partial charge < -0.3 is 0 Å². The first-order valence-electron chi connectivity index (χ1n) is 9.77. The second kappa shape index (κ2) is 8.75. The number of hydrogen-bond donors (Lipinski definition) is 1. The number of hydrogen-bond acceptors (Lipinski definition) is 3. The molecule has 174 valence electrons. The first kappa shape index (κ1) is 23.7. The molecule has 34 heavy (non-hydrogen) atoms. The molecule has 0 unspecified atom stereocenters. The Labute approximate surface area is 198 Å². The Morgan fingerprint density at radius 2 is 1.47 bits per heavy atom. The number of primary sulfonamides is 1. The third kappa shape index (κ3) is 4.91. The molecule has 0 saturated heterocycles. The van der Waals surface area contributed by atoms with E-state index in [-0.39, 0.29) is 10.5 Å². The molecule has 1 aliphatic heterocycles. The fourth-order valence-corrected chi connectivity index (χ4v) is 4.08. The minimum atomic E-state index is -4.46. The normalized spacial score (nSPS) is 15.7. The molecule has 1 aliphatic rings. The maximum absolute atomic E-state index is 13.3. The number of benzene rings is 3. The van der Waals surface area contributed by atoms with Crippen LogP contribution in [0.1, 0.15) is 16.7 Å². The van der Waals surface area contributed by atoms with Crippen LogP contribution in [0.3, 0.4) is 0 Å². The van der Waals surface area contributed by atoms with E-state index in [1.165, 1.54) is 47.4 Å². The number of anilines is 1. The average molecular weight is 505 g/mol. The Morgan fingerprint density at radius 1 is 0.882 bits per heavy atom. The molecule has 5 nitrogen and oxygen atoms in total. The van der Waals surface area contributed by atoms with Crippen LogP contribution in [0.4, 0.5) is 18.9 Å². The Balaban J connectivity index is 1.77. The summed E-state index contributed by atoms with van der Waals surface area (Å²) in [6, 6.07) is 16.7. The number of nitrogens with two attached hydrogens (primary N) is 1. The molecule has 1 amide bonds. The topological polar surface area (TPSA) is 80.5 Å². The molecule has 0 radical (unpaired) electrons. The highest BCUT2D eigenvalue weighted by Gasteiger charge is 2.32. The Hall–Kier alpha value is -3.40. The second-order valence-corrected chi connectivity index (χ2v) is 9.43. The average Bonchev–Trinajstić information content (AvgIpc) is 3.09. The molecule has 0 atom stereocenters. The second-order valence-electron chi connectivity index (χ2n) is 7.44. The van der Waals surface area contributed by atoms with Gasteiger partial charge in [-0.3, -0.25) is 9.69 Å². The van der Waals surface area contributed by atoms with Gasteiger partial charge in [-0.25, -0.2) is 13.6 Å². The van der Waals surface area contributed by atoms with Crippen LogP contribution < -0.4 is 10.0 Å². The summed E-state index contributed by atoms with van der Waals surface area (Å²) >= 11 is 5.98. The molecule has 2 N–H and O–H groups in total. The lowest BCUT2D eigenvalue weighted by Gasteiger charge is -2.21. The number of carbonyl (C=O) groups is 1. The maximum atomic E-state index is 13.3. The van der Waals surface area contributed by atoms with Crippen LogP contribution in [0.5, 0.6) is 0 Å². The van der Waals surface area contributed by atoms with Crippen LogP contribution in [0, 0.1) is 0 Å². The standard InChI is InChI=1S/C24H16ClF3N2O3S/c25-19-7-3-16(4-8-19)22-14-17(13-15-1-5-18(6-2-15)24(26,27)28)23(31)30(22)20-9-11-21(12-10-20)34(29,32)33/h1-14H,(H2,29,32,33)/b17-13+. The summed E-state index contributed by atoms with van der Waals surface area (Å²) < 4.78 is 61.7. The van der Waals surface area contributed by atoms with Gasteiger partial charge in [0.15, 0.2) is 0 Å². The minimum Gasteiger partial charge on any atom is -0.276 e. The van der Waals surface area contributed by atoms with Crippen LogP contribution in [0.2, 0.25) is 5.02 Å². The van der Waals surface area contributed by atoms with Crippen molar-refractivity contribution in [3.63, 3.8) is 0 Å². The van der Waals surface area contributed by atoms with E-state index < -0.39 is 27.7 Å². The predicted octanol–water partition coefficient (Wildman–Crippen LogP) is 5.48. The van der Waals surface area contributed by atoms with Gasteiger partial charge in [-0.15, -0.1) is 0 Å². The van der Waals surface area contributed by atoms with Crippen LogP contribution in [-0.4, -0.2) is 14.3 Å². The SMILES string of the molecule is NS(=O)(=O)c1ccc(N2C(=O)/C(=C/c3ccc(C(F)(F)F)cc3)C=C2c2ccc(Cl)cc2)cc1. The van der Waals surface area contributed by atoms with Crippen LogP contribution in [0.25, 0.3) is 11.8 Å². The lowest BCUT2D eigenvalue weighted by Crippen LogP contribution is -2.25. The molecule has 4 rings (SSSR count). The van der Waals surface area contributed by atoms with Crippen LogP contribution >= 0.6 is 11.6 Å². The summed E-state index contributed by atoms with van der Waals surface area (Å²) in [4.78, 5) is 14.6. The molecule has 3 aromatic rings. The highest BCUT2D eigenvalue weighted by Crippen LogP contribution is 2.36. The van der Waals surface area contributed by atoms with Crippen molar-refractivity contribution in [3.05, 3.63) is 106 Å². The van der Waals surface area contributed by atoms with Crippen molar-refractivity contribution < 1.29 is 26.4 Å². The van der Waals surface area contributed by atoms with Gasteiger partial charge in [-0.1, -0.05) is 35.9 Å². The molecule has 10 heteroatoms. The van der Waals surface area contributed by atoms with E-state index in [0.29, 0.717) is 27.5 Å². The Morgan fingerprint density at radius 3 is 2.00 bits per heavy atom. The van der Waals surface area contributed by atoms with Gasteiger partial charge in [-0.05, 0) is 71.8 Å². The predicted molar refractivity (Wildman–Crippen MR) is 124 cm³/mol. The molecular weight excluding hydrogens is 489 g/mol. The van der Waals surface area contributed by atoms with Crippen molar-refractivity contribution in [1.29, 1.82) is 0 Å². The van der Waals surface area contributed by atoms with Gasteiger partial charge in [0, 0.05) is 16.3 Å². The summed E-state index contributed by atoms with van der Waals surface area (Å²) in [5.74, 6) is -0.437. The van der Waals surface area contributed by atoms with Crippen LogP contribution in [-0.2, 0) is 21.0 Å². The largest absolute Gasteiger partial charge is 0.416 e. The van der Waals surface area contributed by atoms with Crippen molar-refractivity contribution in [2.45, 2.75) is 11.1 Å². The van der Waals surface area contributed by atoms with E-state index in [2.05, 4.69) is 0 Å². The van der Waals surface area contributed by atoms with E-state index in [1.807, 2.05) is 0 Å². The van der Waals surface area contributed by atoms with Crippen molar-refractivity contribution in [2.75, 3.05) is 4.90 Å². The minimum absolute atomic E-state index is 0.111. The van der Waals surface area contributed by atoms with Crippen molar-refractivity contribution >= 4 is 45.0 Å². The van der Waals surface area contributed by atoms with Gasteiger partial charge in [-0.2, -0.15) is 13.2 Å². The molecule has 0 spiro atoms. The van der Waals surface area contributed by atoms with E-state index in [0.717, 1.165) is 12.1 Å². The fourth-order valence-electron chi connectivity index (χ4n) is 3.44. The molecule has 0 bridgehead atoms. The fraction of sp³-hybridized carbons (Fsp3) is 0.0417. The van der Waals surface area contributed by atoms with Crippen LogP contribution in [0.15, 0.2) is 89.3 Å². The first-order valence-corrected chi connectivity index (χ1v) is 11.7. The van der Waals surface area contributed by atoms with E-state index in [4.69, 9.17) is 16.7 Å². The molecule has 0 aromatic heterocycles. The van der Waals surface area contributed by atoms with Gasteiger partial charge in [0.25, 0.3) is 5.91 Å². The van der Waals surface area contributed by atoms with Gasteiger partial charge >= 0.3 is 6.18 Å². The van der Waals surface area contributed by atoms with Crippen molar-refractivity contribution in [1.82, 2.24) is 0 Å². The lowest BCUT2D eigenvalue weighted by molar-refractivity contribution is -0.137. The van der Waals surface area contributed by atoms with Gasteiger partial charge in [0.1, 0.15) is 0 Å². The zero-order chi connectivity index (χ0) is 24.7. The number of carbonyl (C=O) groups excluding carboxylic acids is 1. The van der Waals surface area contributed by atoms with Crippen molar-refractivity contribution in [2.24, 2.45) is 5.14 Å². The monoisotopic (exact) mass is 504 g/mol. The van der Waals surface area contributed by atoms with Crippen molar-refractivity contribution in [3.8, 4) is 0 Å². The number of alkyl halides is 3. The molecular formula is C24H16ClF3N2O3S. The summed E-state index contributed by atoms with van der Waals surface area (Å²) in [6.45, 7) is 0. The highest BCUT2D eigenvalue weighted by molar-refractivity contribution is 7.89. The third-order valence-electron chi connectivity index (χ3n) is 5.11. The molecule has 0 aliphatic carbocycles. The molecule has 0 fully saturated rings.